The van der Waals surface area contributed by atoms with Crippen molar-refractivity contribution in [1.82, 2.24) is 24.8 Å². The van der Waals surface area contributed by atoms with E-state index in [4.69, 9.17) is 0 Å². The zero-order chi connectivity index (χ0) is 21.4. The number of H-pyrrole nitrogens is 1. The number of amides is 1. The van der Waals surface area contributed by atoms with E-state index >= 15 is 0 Å². The van der Waals surface area contributed by atoms with E-state index in [1.165, 1.54) is 54.5 Å². The molecule has 0 atom stereocenters. The van der Waals surface area contributed by atoms with E-state index in [2.05, 4.69) is 20.5 Å². The second-order valence-corrected chi connectivity index (χ2v) is 9.22. The highest BCUT2D eigenvalue weighted by atomic mass is 32.2. The van der Waals surface area contributed by atoms with Crippen molar-refractivity contribution in [3.63, 3.8) is 0 Å². The number of aromatic nitrogens is 3. The van der Waals surface area contributed by atoms with Gasteiger partial charge in [-0.25, -0.2) is 17.8 Å². The van der Waals surface area contributed by atoms with Crippen LogP contribution >= 0.6 is 11.8 Å². The lowest BCUT2D eigenvalue weighted by Gasteiger charge is -2.22. The summed E-state index contributed by atoms with van der Waals surface area (Å²) < 4.78 is 40.4. The highest BCUT2D eigenvalue weighted by Crippen LogP contribution is 2.18. The van der Waals surface area contributed by atoms with Crippen LogP contribution in [0.5, 0.6) is 0 Å². The minimum atomic E-state index is -3.92. The predicted molar refractivity (Wildman–Crippen MR) is 111 cm³/mol. The Hall–Kier alpha value is -2.76. The molecule has 0 aliphatic rings. The maximum absolute atomic E-state index is 13.2. The van der Waals surface area contributed by atoms with Crippen molar-refractivity contribution in [1.29, 1.82) is 0 Å². The van der Waals surface area contributed by atoms with Gasteiger partial charge in [0.1, 0.15) is 12.1 Å². The standard InChI is InChI=1S/C19H20FN5O3S2/c20-16-8-6-15(7-9-16)12-25(30(27,28)17-4-2-1-3-5-17)13-18(26)21-10-11-29-19-22-14-23-24-19/h1-9,14H,10-13H2,(H,21,26)(H,22,23,24). The Morgan fingerprint density at radius 1 is 1.13 bits per heavy atom. The number of thioether (sulfide) groups is 1. The number of carbonyl (C=O) groups excluding carboxylic acids is 1. The SMILES string of the molecule is O=C(CN(Cc1ccc(F)cc1)S(=O)(=O)c1ccccc1)NCCSc1ncn[nH]1. The van der Waals surface area contributed by atoms with Crippen LogP contribution in [0.3, 0.4) is 0 Å². The van der Waals surface area contributed by atoms with Crippen LogP contribution in [0.15, 0.2) is 71.0 Å². The molecule has 2 N–H and O–H groups in total. The van der Waals surface area contributed by atoms with Gasteiger partial charge in [0, 0.05) is 18.8 Å². The van der Waals surface area contributed by atoms with Crippen LogP contribution in [0.25, 0.3) is 0 Å². The average molecular weight is 450 g/mol. The van der Waals surface area contributed by atoms with E-state index in [1.807, 2.05) is 0 Å². The Morgan fingerprint density at radius 2 is 1.87 bits per heavy atom. The molecule has 8 nitrogen and oxygen atoms in total. The molecule has 3 aromatic rings. The molecule has 1 heterocycles. The minimum Gasteiger partial charge on any atom is -0.354 e. The second-order valence-electron chi connectivity index (χ2n) is 6.20. The molecule has 0 spiro atoms. The Labute approximate surface area is 178 Å². The van der Waals surface area contributed by atoms with Crippen molar-refractivity contribution < 1.29 is 17.6 Å². The van der Waals surface area contributed by atoms with Crippen molar-refractivity contribution in [2.45, 2.75) is 16.6 Å². The molecule has 0 radical (unpaired) electrons. The van der Waals surface area contributed by atoms with E-state index in [-0.39, 0.29) is 18.0 Å². The van der Waals surface area contributed by atoms with Gasteiger partial charge in [0.25, 0.3) is 0 Å². The lowest BCUT2D eigenvalue weighted by Crippen LogP contribution is -2.40. The fourth-order valence-electron chi connectivity index (χ4n) is 2.58. The molecular formula is C19H20FN5O3S2. The summed E-state index contributed by atoms with van der Waals surface area (Å²) in [6, 6.07) is 13.4. The second kappa shape index (κ2) is 10.3. The van der Waals surface area contributed by atoms with Gasteiger partial charge in [-0.2, -0.15) is 9.40 Å². The molecule has 0 saturated heterocycles. The molecular weight excluding hydrogens is 429 g/mol. The summed E-state index contributed by atoms with van der Waals surface area (Å²) in [5.41, 5.74) is 0.574. The topological polar surface area (TPSA) is 108 Å². The van der Waals surface area contributed by atoms with Gasteiger partial charge in [-0.05, 0) is 29.8 Å². The Kier molecular flexibility index (Phi) is 7.55. The van der Waals surface area contributed by atoms with Gasteiger partial charge in [0.2, 0.25) is 15.9 Å². The first kappa shape index (κ1) is 21.9. The summed E-state index contributed by atoms with van der Waals surface area (Å²) in [6.07, 6.45) is 1.39. The molecule has 3 rings (SSSR count). The smallest absolute Gasteiger partial charge is 0.243 e. The van der Waals surface area contributed by atoms with Crippen molar-refractivity contribution >= 4 is 27.7 Å². The molecule has 1 amide bonds. The van der Waals surface area contributed by atoms with Crippen LogP contribution in [-0.2, 0) is 21.4 Å². The van der Waals surface area contributed by atoms with Gasteiger partial charge in [0.15, 0.2) is 5.16 Å². The molecule has 11 heteroatoms. The third-order valence-corrected chi connectivity index (χ3v) is 6.71. The van der Waals surface area contributed by atoms with Crippen molar-refractivity contribution in [3.05, 3.63) is 72.3 Å². The van der Waals surface area contributed by atoms with E-state index < -0.39 is 21.7 Å². The van der Waals surface area contributed by atoms with Crippen LogP contribution in [0, 0.1) is 5.82 Å². The number of nitrogens with one attached hydrogen (secondary N) is 2. The molecule has 30 heavy (non-hydrogen) atoms. The number of hydrogen-bond donors (Lipinski definition) is 2. The maximum Gasteiger partial charge on any atom is 0.243 e. The highest BCUT2D eigenvalue weighted by molar-refractivity contribution is 7.99. The lowest BCUT2D eigenvalue weighted by molar-refractivity contribution is -0.121. The number of aromatic amines is 1. The van der Waals surface area contributed by atoms with Crippen molar-refractivity contribution in [2.24, 2.45) is 0 Å². The first-order valence-corrected chi connectivity index (χ1v) is 11.4. The van der Waals surface area contributed by atoms with Crippen LogP contribution < -0.4 is 5.32 Å². The van der Waals surface area contributed by atoms with Gasteiger partial charge in [0.05, 0.1) is 11.4 Å². The summed E-state index contributed by atoms with van der Waals surface area (Å²) >= 11 is 1.38. The summed E-state index contributed by atoms with van der Waals surface area (Å²) in [5, 5.41) is 9.78. The summed E-state index contributed by atoms with van der Waals surface area (Å²) in [4.78, 5) is 16.5. The van der Waals surface area contributed by atoms with Crippen molar-refractivity contribution in [2.75, 3.05) is 18.8 Å². The number of rotatable bonds is 10. The van der Waals surface area contributed by atoms with Gasteiger partial charge in [-0.3, -0.25) is 9.89 Å². The summed E-state index contributed by atoms with van der Waals surface area (Å²) in [5.74, 6) is -0.308. The third kappa shape index (κ3) is 6.12. The number of sulfonamides is 1. The largest absolute Gasteiger partial charge is 0.354 e. The number of nitrogens with zero attached hydrogens (tertiary/aromatic N) is 3. The number of carbonyl (C=O) groups is 1. The zero-order valence-electron chi connectivity index (χ0n) is 15.9. The first-order valence-electron chi connectivity index (χ1n) is 8.99. The molecule has 0 unspecified atom stereocenters. The third-order valence-electron chi connectivity index (χ3n) is 4.03. The first-order chi connectivity index (χ1) is 14.4. The number of halogens is 1. The molecule has 1 aromatic heterocycles. The number of benzene rings is 2. The summed E-state index contributed by atoms with van der Waals surface area (Å²) in [7, 11) is -3.92. The van der Waals surface area contributed by atoms with Crippen LogP contribution in [-0.4, -0.2) is 52.7 Å². The Bertz CT molecular complexity index is 1050. The fourth-order valence-corrected chi connectivity index (χ4v) is 4.62. The van der Waals surface area contributed by atoms with Gasteiger partial charge in [-0.15, -0.1) is 0 Å². The molecule has 0 saturated carbocycles. The highest BCUT2D eigenvalue weighted by Gasteiger charge is 2.26. The minimum absolute atomic E-state index is 0.0578. The predicted octanol–water partition coefficient (Wildman–Crippen LogP) is 2.04. The summed E-state index contributed by atoms with van der Waals surface area (Å²) in [6.45, 7) is -0.0840. The molecule has 0 aliphatic heterocycles. The normalized spacial score (nSPS) is 11.5. The van der Waals surface area contributed by atoms with E-state index in [0.717, 1.165) is 4.31 Å². The lowest BCUT2D eigenvalue weighted by atomic mass is 10.2. The van der Waals surface area contributed by atoms with Gasteiger partial charge < -0.3 is 5.32 Å². The molecule has 0 fully saturated rings. The Morgan fingerprint density at radius 3 is 2.53 bits per heavy atom. The molecule has 0 bridgehead atoms. The van der Waals surface area contributed by atoms with E-state index in [1.54, 1.807) is 18.2 Å². The van der Waals surface area contributed by atoms with Crippen LogP contribution in [0.4, 0.5) is 4.39 Å². The number of hydrogen-bond acceptors (Lipinski definition) is 6. The van der Waals surface area contributed by atoms with Crippen LogP contribution in [0.2, 0.25) is 0 Å². The monoisotopic (exact) mass is 449 g/mol. The van der Waals surface area contributed by atoms with Gasteiger partial charge in [-0.1, -0.05) is 42.1 Å². The zero-order valence-corrected chi connectivity index (χ0v) is 17.5. The molecule has 0 aliphatic carbocycles. The maximum atomic E-state index is 13.2. The van der Waals surface area contributed by atoms with Crippen LogP contribution in [0.1, 0.15) is 5.56 Å². The molecule has 2 aromatic carbocycles. The Balaban J connectivity index is 1.67. The van der Waals surface area contributed by atoms with Gasteiger partial charge >= 0.3 is 0 Å². The fraction of sp³-hybridized carbons (Fsp3) is 0.211. The quantitative estimate of drug-likeness (QED) is 0.362. The molecule has 158 valence electrons. The average Bonchev–Trinajstić information content (AvgIpc) is 3.26. The van der Waals surface area contributed by atoms with E-state index in [9.17, 15) is 17.6 Å². The van der Waals surface area contributed by atoms with E-state index in [0.29, 0.717) is 23.0 Å². The van der Waals surface area contributed by atoms with Crippen molar-refractivity contribution in [3.8, 4) is 0 Å².